The van der Waals surface area contributed by atoms with E-state index in [4.69, 9.17) is 0 Å². The SMILES string of the molecule is CCCn1c(C)nc(C)c1C(C)(C)C. The van der Waals surface area contributed by atoms with Gasteiger partial charge in [0.2, 0.25) is 0 Å². The number of imidazole rings is 1. The van der Waals surface area contributed by atoms with Gasteiger partial charge in [-0.2, -0.15) is 0 Å². The van der Waals surface area contributed by atoms with E-state index in [1.807, 2.05) is 0 Å². The number of rotatable bonds is 2. The molecule has 0 atom stereocenters. The molecule has 0 aliphatic rings. The van der Waals surface area contributed by atoms with Crippen molar-refractivity contribution in [1.82, 2.24) is 9.55 Å². The summed E-state index contributed by atoms with van der Waals surface area (Å²) < 4.78 is 2.36. The summed E-state index contributed by atoms with van der Waals surface area (Å²) >= 11 is 0. The minimum absolute atomic E-state index is 0.195. The van der Waals surface area contributed by atoms with E-state index in [2.05, 4.69) is 51.1 Å². The third-order valence-corrected chi connectivity index (χ3v) is 2.49. The molecular formula is C12H22N2. The fourth-order valence-electron chi connectivity index (χ4n) is 2.16. The highest BCUT2D eigenvalue weighted by Crippen LogP contribution is 2.26. The maximum Gasteiger partial charge on any atom is 0.106 e. The molecule has 14 heavy (non-hydrogen) atoms. The van der Waals surface area contributed by atoms with Gasteiger partial charge in [-0.05, 0) is 20.3 Å². The molecular weight excluding hydrogens is 172 g/mol. The first-order valence-electron chi connectivity index (χ1n) is 5.42. The lowest BCUT2D eigenvalue weighted by Crippen LogP contribution is -2.19. The Morgan fingerprint density at radius 1 is 1.21 bits per heavy atom. The molecule has 0 aliphatic carbocycles. The second-order valence-electron chi connectivity index (χ2n) is 4.99. The summed E-state index contributed by atoms with van der Waals surface area (Å²) in [5.74, 6) is 1.15. The van der Waals surface area contributed by atoms with Gasteiger partial charge in [-0.15, -0.1) is 0 Å². The number of hydrogen-bond acceptors (Lipinski definition) is 1. The Morgan fingerprint density at radius 2 is 1.79 bits per heavy atom. The van der Waals surface area contributed by atoms with Crippen molar-refractivity contribution < 1.29 is 0 Å². The summed E-state index contributed by atoms with van der Waals surface area (Å²) in [7, 11) is 0. The molecule has 0 unspecified atom stereocenters. The van der Waals surface area contributed by atoms with Gasteiger partial charge in [-0.3, -0.25) is 0 Å². The first kappa shape index (κ1) is 11.3. The standard InChI is InChI=1S/C12H22N2/c1-7-8-14-10(3)13-9(2)11(14)12(4,5)6/h7-8H2,1-6H3. The summed E-state index contributed by atoms with van der Waals surface area (Å²) in [4.78, 5) is 4.56. The Morgan fingerprint density at radius 3 is 2.21 bits per heavy atom. The second-order valence-corrected chi connectivity index (χ2v) is 4.99. The van der Waals surface area contributed by atoms with Gasteiger partial charge in [0.1, 0.15) is 5.82 Å². The lowest BCUT2D eigenvalue weighted by atomic mass is 9.90. The fourth-order valence-corrected chi connectivity index (χ4v) is 2.16. The Bertz CT molecular complexity index is 316. The molecule has 2 nitrogen and oxygen atoms in total. The normalized spacial score (nSPS) is 12.1. The van der Waals surface area contributed by atoms with Gasteiger partial charge in [-0.1, -0.05) is 27.7 Å². The summed E-state index contributed by atoms with van der Waals surface area (Å²) in [5, 5.41) is 0. The molecule has 0 N–H and O–H groups in total. The van der Waals surface area contributed by atoms with Crippen LogP contribution in [0.2, 0.25) is 0 Å². The van der Waals surface area contributed by atoms with E-state index in [1.165, 1.54) is 17.8 Å². The third kappa shape index (κ3) is 1.99. The van der Waals surface area contributed by atoms with Gasteiger partial charge in [0.15, 0.2) is 0 Å². The largest absolute Gasteiger partial charge is 0.332 e. The van der Waals surface area contributed by atoms with Gasteiger partial charge >= 0.3 is 0 Å². The van der Waals surface area contributed by atoms with Crippen molar-refractivity contribution in [1.29, 1.82) is 0 Å². The topological polar surface area (TPSA) is 17.8 Å². The number of aryl methyl sites for hydroxylation is 2. The van der Waals surface area contributed by atoms with Gasteiger partial charge in [0.05, 0.1) is 5.69 Å². The van der Waals surface area contributed by atoms with Gasteiger partial charge in [-0.25, -0.2) is 4.98 Å². The van der Waals surface area contributed by atoms with Gasteiger partial charge < -0.3 is 4.57 Å². The molecule has 0 radical (unpaired) electrons. The maximum atomic E-state index is 4.56. The van der Waals surface area contributed by atoms with Crippen molar-refractivity contribution >= 4 is 0 Å². The third-order valence-electron chi connectivity index (χ3n) is 2.49. The van der Waals surface area contributed by atoms with Crippen molar-refractivity contribution in [2.75, 3.05) is 0 Å². The molecule has 1 aromatic heterocycles. The van der Waals surface area contributed by atoms with Crippen LogP contribution in [-0.4, -0.2) is 9.55 Å². The molecule has 1 rings (SSSR count). The molecule has 0 aromatic carbocycles. The van der Waals surface area contributed by atoms with Crippen LogP contribution in [0, 0.1) is 13.8 Å². The number of nitrogens with zero attached hydrogens (tertiary/aromatic N) is 2. The average Bonchev–Trinajstić information content (AvgIpc) is 2.26. The zero-order chi connectivity index (χ0) is 10.9. The predicted molar refractivity (Wildman–Crippen MR) is 60.7 cm³/mol. The molecule has 0 fully saturated rings. The molecule has 80 valence electrons. The smallest absolute Gasteiger partial charge is 0.106 e. The molecule has 2 heteroatoms. The van der Waals surface area contributed by atoms with E-state index in [0.717, 1.165) is 12.4 Å². The fraction of sp³-hybridized carbons (Fsp3) is 0.750. The minimum atomic E-state index is 0.195. The molecule has 0 saturated heterocycles. The highest BCUT2D eigenvalue weighted by atomic mass is 15.1. The zero-order valence-corrected chi connectivity index (χ0v) is 10.3. The van der Waals surface area contributed by atoms with E-state index >= 15 is 0 Å². The highest BCUT2D eigenvalue weighted by Gasteiger charge is 2.23. The molecule has 0 bridgehead atoms. The van der Waals surface area contributed by atoms with Crippen molar-refractivity contribution in [3.63, 3.8) is 0 Å². The summed E-state index contributed by atoms with van der Waals surface area (Å²) in [6, 6.07) is 0. The van der Waals surface area contributed by atoms with Crippen molar-refractivity contribution in [3.8, 4) is 0 Å². The summed E-state index contributed by atoms with van der Waals surface area (Å²) in [6.45, 7) is 14.3. The van der Waals surface area contributed by atoms with E-state index in [-0.39, 0.29) is 5.41 Å². The molecule has 0 saturated carbocycles. The Balaban J connectivity index is 3.25. The Labute approximate surface area is 87.4 Å². The predicted octanol–water partition coefficient (Wildman–Crippen LogP) is 3.21. The molecule has 1 heterocycles. The minimum Gasteiger partial charge on any atom is -0.332 e. The maximum absolute atomic E-state index is 4.56. The Kier molecular flexibility index (Phi) is 3.03. The quantitative estimate of drug-likeness (QED) is 0.707. The lowest BCUT2D eigenvalue weighted by molar-refractivity contribution is 0.504. The average molecular weight is 194 g/mol. The monoisotopic (exact) mass is 194 g/mol. The summed E-state index contributed by atoms with van der Waals surface area (Å²) in [6.07, 6.45) is 1.17. The van der Waals surface area contributed by atoms with Gasteiger partial charge in [0, 0.05) is 17.7 Å². The van der Waals surface area contributed by atoms with Crippen LogP contribution in [0.15, 0.2) is 0 Å². The highest BCUT2D eigenvalue weighted by molar-refractivity contribution is 5.23. The second kappa shape index (κ2) is 3.76. The van der Waals surface area contributed by atoms with Gasteiger partial charge in [0.25, 0.3) is 0 Å². The first-order valence-corrected chi connectivity index (χ1v) is 5.42. The van der Waals surface area contributed by atoms with Crippen LogP contribution in [-0.2, 0) is 12.0 Å². The van der Waals surface area contributed by atoms with E-state index < -0.39 is 0 Å². The van der Waals surface area contributed by atoms with Crippen molar-refractivity contribution in [2.45, 2.75) is 59.9 Å². The zero-order valence-electron chi connectivity index (χ0n) is 10.3. The van der Waals surface area contributed by atoms with Crippen LogP contribution in [0.25, 0.3) is 0 Å². The molecule has 0 amide bonds. The lowest BCUT2D eigenvalue weighted by Gasteiger charge is -2.22. The van der Waals surface area contributed by atoms with Crippen LogP contribution in [0.4, 0.5) is 0 Å². The van der Waals surface area contributed by atoms with Crippen LogP contribution in [0.3, 0.4) is 0 Å². The first-order chi connectivity index (χ1) is 6.38. The van der Waals surface area contributed by atoms with Crippen LogP contribution in [0.1, 0.15) is 51.3 Å². The molecule has 0 spiro atoms. The number of aromatic nitrogens is 2. The van der Waals surface area contributed by atoms with Crippen molar-refractivity contribution in [2.24, 2.45) is 0 Å². The molecule has 0 aliphatic heterocycles. The van der Waals surface area contributed by atoms with Crippen LogP contribution >= 0.6 is 0 Å². The van der Waals surface area contributed by atoms with E-state index in [1.54, 1.807) is 0 Å². The number of hydrogen-bond donors (Lipinski definition) is 0. The molecule has 1 aromatic rings. The summed E-state index contributed by atoms with van der Waals surface area (Å²) in [5.41, 5.74) is 2.76. The Hall–Kier alpha value is -0.790. The van der Waals surface area contributed by atoms with Crippen LogP contribution in [0.5, 0.6) is 0 Å². The van der Waals surface area contributed by atoms with E-state index in [0.29, 0.717) is 0 Å². The van der Waals surface area contributed by atoms with Crippen molar-refractivity contribution in [3.05, 3.63) is 17.2 Å². The van der Waals surface area contributed by atoms with Crippen LogP contribution < -0.4 is 0 Å². The van der Waals surface area contributed by atoms with E-state index in [9.17, 15) is 0 Å².